The maximum Gasteiger partial charge on any atom is 0.433 e. The molecule has 2 aromatic rings. The van der Waals surface area contributed by atoms with Gasteiger partial charge in [0.25, 0.3) is 0 Å². The molecule has 130 valence electrons. The zero-order valence-corrected chi connectivity index (χ0v) is 13.0. The number of nitrogens with one attached hydrogen (secondary N) is 1. The zero-order valence-electron chi connectivity index (χ0n) is 13.0. The predicted molar refractivity (Wildman–Crippen MR) is 80.5 cm³/mol. The Bertz CT molecular complexity index is 680. The highest BCUT2D eigenvalue weighted by molar-refractivity contribution is 5.37. The van der Waals surface area contributed by atoms with Gasteiger partial charge in [0.1, 0.15) is 23.1 Å². The third-order valence-electron chi connectivity index (χ3n) is 3.47. The Kier molecular flexibility index (Phi) is 5.38. The molecule has 0 aliphatic carbocycles. The molecule has 1 atom stereocenters. The first-order valence-corrected chi connectivity index (χ1v) is 7.08. The predicted octanol–water partition coefficient (Wildman–Crippen LogP) is 4.09. The molecule has 2 rings (SSSR count). The van der Waals surface area contributed by atoms with Crippen molar-refractivity contribution in [2.24, 2.45) is 0 Å². The molecule has 3 nitrogen and oxygen atoms in total. The van der Waals surface area contributed by atoms with Crippen LogP contribution >= 0.6 is 0 Å². The molecule has 1 unspecified atom stereocenters. The molecule has 0 saturated carbocycles. The largest absolute Gasteiger partial charge is 0.433 e. The molecule has 1 heterocycles. The van der Waals surface area contributed by atoms with Gasteiger partial charge in [-0.05, 0) is 38.4 Å². The van der Waals surface area contributed by atoms with Gasteiger partial charge in [0.15, 0.2) is 0 Å². The summed E-state index contributed by atoms with van der Waals surface area (Å²) in [5, 5.41) is 2.71. The smallest absolute Gasteiger partial charge is 0.368 e. The number of benzene rings is 1. The zero-order chi connectivity index (χ0) is 17.9. The van der Waals surface area contributed by atoms with E-state index in [1.807, 2.05) is 0 Å². The highest BCUT2D eigenvalue weighted by atomic mass is 19.4. The normalized spacial score (nSPS) is 13.2. The summed E-state index contributed by atoms with van der Waals surface area (Å²) in [6, 6.07) is 6.23. The van der Waals surface area contributed by atoms with Gasteiger partial charge in [-0.15, -0.1) is 0 Å². The van der Waals surface area contributed by atoms with Crippen LogP contribution in [0.4, 0.5) is 27.8 Å². The Morgan fingerprint density at radius 2 is 1.62 bits per heavy atom. The van der Waals surface area contributed by atoms with Crippen molar-refractivity contribution in [3.8, 4) is 0 Å². The fourth-order valence-corrected chi connectivity index (χ4v) is 2.26. The van der Waals surface area contributed by atoms with E-state index in [0.29, 0.717) is 0 Å². The van der Waals surface area contributed by atoms with E-state index in [1.165, 1.54) is 18.2 Å². The van der Waals surface area contributed by atoms with Gasteiger partial charge in [-0.1, -0.05) is 12.1 Å². The molecule has 0 aliphatic rings. The van der Waals surface area contributed by atoms with Crippen LogP contribution in [-0.2, 0) is 6.18 Å². The van der Waals surface area contributed by atoms with Gasteiger partial charge in [0.05, 0.1) is 6.04 Å². The Hall–Kier alpha value is -2.22. The van der Waals surface area contributed by atoms with Gasteiger partial charge in [-0.25, -0.2) is 13.8 Å². The summed E-state index contributed by atoms with van der Waals surface area (Å²) >= 11 is 0. The molecule has 8 heteroatoms. The Balaban J connectivity index is 2.22. The SMILES string of the molecule is CN(C)C(CNc1cccc(C(F)(F)F)n1)c1c(F)cccc1F. The Morgan fingerprint density at radius 3 is 2.17 bits per heavy atom. The lowest BCUT2D eigenvalue weighted by molar-refractivity contribution is -0.141. The molecule has 0 saturated heterocycles. The van der Waals surface area contributed by atoms with Crippen LogP contribution in [0, 0.1) is 11.6 Å². The number of likely N-dealkylation sites (N-methyl/N-ethyl adjacent to an activating group) is 1. The van der Waals surface area contributed by atoms with Gasteiger partial charge >= 0.3 is 6.18 Å². The van der Waals surface area contributed by atoms with Crippen LogP contribution in [0.2, 0.25) is 0 Å². The number of alkyl halides is 3. The lowest BCUT2D eigenvalue weighted by atomic mass is 10.0. The summed E-state index contributed by atoms with van der Waals surface area (Å²) in [6.07, 6.45) is -4.56. The van der Waals surface area contributed by atoms with Crippen molar-refractivity contribution >= 4 is 5.82 Å². The van der Waals surface area contributed by atoms with Crippen LogP contribution in [0.1, 0.15) is 17.3 Å². The average Bonchev–Trinajstić information content (AvgIpc) is 2.49. The van der Waals surface area contributed by atoms with Gasteiger partial charge in [-0.2, -0.15) is 13.2 Å². The molecular weight excluding hydrogens is 329 g/mol. The fraction of sp³-hybridized carbons (Fsp3) is 0.312. The number of rotatable bonds is 5. The van der Waals surface area contributed by atoms with E-state index in [-0.39, 0.29) is 17.9 Å². The maximum absolute atomic E-state index is 13.9. The summed E-state index contributed by atoms with van der Waals surface area (Å²) < 4.78 is 65.9. The molecule has 1 aromatic heterocycles. The van der Waals surface area contributed by atoms with Gasteiger partial charge in [-0.3, -0.25) is 0 Å². The van der Waals surface area contributed by atoms with Crippen molar-refractivity contribution in [2.75, 3.05) is 26.0 Å². The van der Waals surface area contributed by atoms with E-state index in [1.54, 1.807) is 19.0 Å². The van der Waals surface area contributed by atoms with E-state index >= 15 is 0 Å². The Morgan fingerprint density at radius 1 is 1.04 bits per heavy atom. The standard InChI is InChI=1S/C16H16F5N3/c1-24(2)12(15-10(17)5-3-6-11(15)18)9-22-14-8-4-7-13(23-14)16(19,20)21/h3-8,12H,9H2,1-2H3,(H,22,23). The third-order valence-corrected chi connectivity index (χ3v) is 3.47. The molecule has 24 heavy (non-hydrogen) atoms. The Labute approximate surface area is 136 Å². The molecule has 0 radical (unpaired) electrons. The minimum atomic E-state index is -4.56. The summed E-state index contributed by atoms with van der Waals surface area (Å²) in [7, 11) is 3.25. The molecule has 0 bridgehead atoms. The minimum absolute atomic E-state index is 0.0147. The van der Waals surface area contributed by atoms with Gasteiger partial charge in [0, 0.05) is 12.1 Å². The first-order chi connectivity index (χ1) is 11.2. The number of hydrogen-bond acceptors (Lipinski definition) is 3. The number of anilines is 1. The number of halogens is 5. The molecular formula is C16H16F5N3. The molecule has 0 spiro atoms. The second kappa shape index (κ2) is 7.12. The van der Waals surface area contributed by atoms with Crippen molar-refractivity contribution in [2.45, 2.75) is 12.2 Å². The fourth-order valence-electron chi connectivity index (χ4n) is 2.26. The molecule has 1 aromatic carbocycles. The number of nitrogens with zero attached hydrogens (tertiary/aromatic N) is 2. The summed E-state index contributed by atoms with van der Waals surface area (Å²) in [5.74, 6) is -1.45. The van der Waals surface area contributed by atoms with Crippen LogP contribution in [-0.4, -0.2) is 30.5 Å². The quantitative estimate of drug-likeness (QED) is 0.827. The molecule has 1 N–H and O–H groups in total. The average molecular weight is 345 g/mol. The lowest BCUT2D eigenvalue weighted by Crippen LogP contribution is -2.29. The van der Waals surface area contributed by atoms with Crippen LogP contribution in [0.15, 0.2) is 36.4 Å². The van der Waals surface area contributed by atoms with E-state index in [4.69, 9.17) is 0 Å². The molecule has 0 aliphatic heterocycles. The lowest BCUT2D eigenvalue weighted by Gasteiger charge is -2.26. The van der Waals surface area contributed by atoms with Crippen molar-refractivity contribution in [1.29, 1.82) is 0 Å². The van der Waals surface area contributed by atoms with Crippen LogP contribution in [0.3, 0.4) is 0 Å². The summed E-state index contributed by atoms with van der Waals surface area (Å²) in [5.41, 5.74) is -1.19. The van der Waals surface area contributed by atoms with Gasteiger partial charge < -0.3 is 10.2 Å². The second-order valence-electron chi connectivity index (χ2n) is 5.40. The van der Waals surface area contributed by atoms with Crippen molar-refractivity contribution in [3.63, 3.8) is 0 Å². The third kappa shape index (κ3) is 4.19. The first kappa shape index (κ1) is 18.1. The van der Waals surface area contributed by atoms with Gasteiger partial charge in [0.2, 0.25) is 0 Å². The molecule has 0 amide bonds. The highest BCUT2D eigenvalue weighted by Crippen LogP contribution is 2.29. The summed E-state index contributed by atoms with van der Waals surface area (Å²) in [6.45, 7) is -0.0147. The van der Waals surface area contributed by atoms with E-state index in [0.717, 1.165) is 18.2 Å². The second-order valence-corrected chi connectivity index (χ2v) is 5.40. The summed E-state index contributed by atoms with van der Waals surface area (Å²) in [4.78, 5) is 5.04. The topological polar surface area (TPSA) is 28.2 Å². The maximum atomic E-state index is 13.9. The first-order valence-electron chi connectivity index (χ1n) is 7.08. The number of hydrogen-bond donors (Lipinski definition) is 1. The van der Waals surface area contributed by atoms with Crippen molar-refractivity contribution in [1.82, 2.24) is 9.88 Å². The van der Waals surface area contributed by atoms with Crippen molar-refractivity contribution < 1.29 is 22.0 Å². The van der Waals surface area contributed by atoms with E-state index < -0.39 is 29.5 Å². The number of pyridine rings is 1. The van der Waals surface area contributed by atoms with Crippen LogP contribution in [0.5, 0.6) is 0 Å². The van der Waals surface area contributed by atoms with Crippen molar-refractivity contribution in [3.05, 3.63) is 59.3 Å². The monoisotopic (exact) mass is 345 g/mol. The van der Waals surface area contributed by atoms with E-state index in [2.05, 4.69) is 10.3 Å². The molecule has 0 fully saturated rings. The number of aromatic nitrogens is 1. The van der Waals surface area contributed by atoms with Crippen LogP contribution in [0.25, 0.3) is 0 Å². The highest BCUT2D eigenvalue weighted by Gasteiger charge is 2.32. The van der Waals surface area contributed by atoms with Crippen LogP contribution < -0.4 is 5.32 Å². The minimum Gasteiger partial charge on any atom is -0.368 e. The van der Waals surface area contributed by atoms with E-state index in [9.17, 15) is 22.0 Å².